The van der Waals surface area contributed by atoms with Crippen LogP contribution in [0.4, 0.5) is 4.39 Å². The summed E-state index contributed by atoms with van der Waals surface area (Å²) in [7, 11) is -3.31. The van der Waals surface area contributed by atoms with Crippen molar-refractivity contribution in [2.45, 2.75) is 12.8 Å². The topological polar surface area (TPSA) is 62.0 Å². The number of hydrogen-bond acceptors (Lipinski definition) is 2. The van der Waals surface area contributed by atoms with Gasteiger partial charge in [0.05, 0.1) is 5.75 Å². The summed E-state index contributed by atoms with van der Waals surface area (Å²) < 4.78 is 39.9. The molecule has 1 heterocycles. The number of fused-ring (bicyclic) bond motifs is 1. The van der Waals surface area contributed by atoms with Crippen molar-refractivity contribution in [1.82, 2.24) is 9.71 Å². The number of nitrogens with one attached hydrogen (secondary N) is 2. The molecular formula is C18H19FN2O2S. The minimum atomic E-state index is -3.31. The largest absolute Gasteiger partial charge is 0.361 e. The van der Waals surface area contributed by atoms with Gasteiger partial charge in [0.25, 0.3) is 0 Å². The van der Waals surface area contributed by atoms with Gasteiger partial charge >= 0.3 is 0 Å². The monoisotopic (exact) mass is 346 g/mol. The Morgan fingerprint density at radius 1 is 1.04 bits per heavy atom. The third-order valence-electron chi connectivity index (χ3n) is 3.95. The van der Waals surface area contributed by atoms with Crippen molar-refractivity contribution in [3.05, 3.63) is 71.7 Å². The summed E-state index contributed by atoms with van der Waals surface area (Å²) >= 11 is 0. The van der Waals surface area contributed by atoms with Gasteiger partial charge in [0, 0.05) is 23.6 Å². The number of benzene rings is 2. The minimum absolute atomic E-state index is 0.0656. The van der Waals surface area contributed by atoms with Crippen LogP contribution in [0, 0.1) is 5.82 Å². The average molecular weight is 346 g/mol. The smallest absolute Gasteiger partial charge is 0.211 e. The van der Waals surface area contributed by atoms with Gasteiger partial charge in [0.2, 0.25) is 10.0 Å². The van der Waals surface area contributed by atoms with Gasteiger partial charge in [-0.2, -0.15) is 0 Å². The van der Waals surface area contributed by atoms with E-state index in [1.165, 1.54) is 12.1 Å². The molecule has 1 aromatic heterocycles. The van der Waals surface area contributed by atoms with E-state index in [0.29, 0.717) is 19.4 Å². The van der Waals surface area contributed by atoms with Crippen LogP contribution in [0.2, 0.25) is 0 Å². The van der Waals surface area contributed by atoms with Gasteiger partial charge < -0.3 is 4.98 Å². The Kier molecular flexibility index (Phi) is 4.97. The van der Waals surface area contributed by atoms with Gasteiger partial charge in [-0.05, 0) is 42.2 Å². The van der Waals surface area contributed by atoms with E-state index in [1.807, 2.05) is 30.3 Å². The quantitative estimate of drug-likeness (QED) is 0.691. The number of rotatable bonds is 7. The van der Waals surface area contributed by atoms with Gasteiger partial charge in [-0.3, -0.25) is 0 Å². The molecule has 3 aromatic rings. The Morgan fingerprint density at radius 3 is 2.62 bits per heavy atom. The van der Waals surface area contributed by atoms with Gasteiger partial charge in [-0.15, -0.1) is 0 Å². The predicted octanol–water partition coefficient (Wildman–Crippen LogP) is 3.01. The van der Waals surface area contributed by atoms with E-state index in [2.05, 4.69) is 9.71 Å². The van der Waals surface area contributed by atoms with E-state index >= 15 is 0 Å². The maximum Gasteiger partial charge on any atom is 0.211 e. The van der Waals surface area contributed by atoms with Gasteiger partial charge in [-0.1, -0.05) is 30.3 Å². The van der Waals surface area contributed by atoms with Crippen molar-refractivity contribution in [3.8, 4) is 0 Å². The Balaban J connectivity index is 1.54. The molecule has 0 saturated heterocycles. The fourth-order valence-electron chi connectivity index (χ4n) is 2.68. The molecule has 6 heteroatoms. The number of aromatic nitrogens is 1. The van der Waals surface area contributed by atoms with E-state index in [-0.39, 0.29) is 11.6 Å². The molecule has 126 valence electrons. The van der Waals surface area contributed by atoms with Crippen LogP contribution in [-0.4, -0.2) is 25.7 Å². The average Bonchev–Trinajstić information content (AvgIpc) is 2.96. The number of aromatic amines is 1. The standard InChI is InChI=1S/C18H19FN2O2S/c19-16-6-7-17-15(13-20-18(17)12-16)8-10-21-24(22,23)11-9-14-4-2-1-3-5-14/h1-7,12-13,20-21H,8-11H2. The molecule has 0 amide bonds. The highest BCUT2D eigenvalue weighted by molar-refractivity contribution is 7.89. The number of halogens is 1. The molecule has 0 aliphatic heterocycles. The van der Waals surface area contributed by atoms with Crippen LogP contribution in [-0.2, 0) is 22.9 Å². The lowest BCUT2D eigenvalue weighted by Gasteiger charge is -2.06. The second-order valence-corrected chi connectivity index (χ2v) is 7.63. The maximum absolute atomic E-state index is 13.2. The number of H-pyrrole nitrogens is 1. The molecule has 0 saturated carbocycles. The van der Waals surface area contributed by atoms with Crippen molar-refractivity contribution in [2.24, 2.45) is 0 Å². The summed E-state index contributed by atoms with van der Waals surface area (Å²) in [6, 6.07) is 14.1. The number of sulfonamides is 1. The van der Waals surface area contributed by atoms with E-state index < -0.39 is 10.0 Å². The van der Waals surface area contributed by atoms with E-state index in [9.17, 15) is 12.8 Å². The first-order valence-corrected chi connectivity index (χ1v) is 9.45. The van der Waals surface area contributed by atoms with Crippen molar-refractivity contribution in [2.75, 3.05) is 12.3 Å². The first-order chi connectivity index (χ1) is 11.5. The fraction of sp³-hybridized carbons (Fsp3) is 0.222. The molecule has 0 fully saturated rings. The molecule has 4 nitrogen and oxygen atoms in total. The second kappa shape index (κ2) is 7.15. The predicted molar refractivity (Wildman–Crippen MR) is 93.9 cm³/mol. The summed E-state index contributed by atoms with van der Waals surface area (Å²) in [4.78, 5) is 3.01. The van der Waals surface area contributed by atoms with Crippen molar-refractivity contribution < 1.29 is 12.8 Å². The highest BCUT2D eigenvalue weighted by Gasteiger charge is 2.11. The Hall–Kier alpha value is -2.18. The summed E-state index contributed by atoms with van der Waals surface area (Å²) in [6.07, 6.45) is 2.83. The highest BCUT2D eigenvalue weighted by Crippen LogP contribution is 2.19. The lowest BCUT2D eigenvalue weighted by molar-refractivity contribution is 0.581. The minimum Gasteiger partial charge on any atom is -0.361 e. The first kappa shape index (κ1) is 16.7. The summed E-state index contributed by atoms with van der Waals surface area (Å²) in [5.41, 5.74) is 2.69. The molecular weight excluding hydrogens is 327 g/mol. The van der Waals surface area contributed by atoms with E-state index in [4.69, 9.17) is 0 Å². The number of hydrogen-bond donors (Lipinski definition) is 2. The third kappa shape index (κ3) is 4.21. The fourth-order valence-corrected chi connectivity index (χ4v) is 3.74. The lowest BCUT2D eigenvalue weighted by Crippen LogP contribution is -2.29. The maximum atomic E-state index is 13.2. The van der Waals surface area contributed by atoms with Crippen LogP contribution in [0.15, 0.2) is 54.7 Å². The highest BCUT2D eigenvalue weighted by atomic mass is 32.2. The molecule has 2 N–H and O–H groups in total. The third-order valence-corrected chi connectivity index (χ3v) is 5.33. The lowest BCUT2D eigenvalue weighted by atomic mass is 10.1. The van der Waals surface area contributed by atoms with Gasteiger partial charge in [-0.25, -0.2) is 17.5 Å². The van der Waals surface area contributed by atoms with E-state index in [1.54, 1.807) is 12.3 Å². The van der Waals surface area contributed by atoms with E-state index in [0.717, 1.165) is 22.0 Å². The van der Waals surface area contributed by atoms with Crippen LogP contribution in [0.5, 0.6) is 0 Å². The number of aryl methyl sites for hydroxylation is 1. The Morgan fingerprint density at radius 2 is 1.83 bits per heavy atom. The second-order valence-electron chi connectivity index (χ2n) is 5.70. The summed E-state index contributed by atoms with van der Waals surface area (Å²) in [5.74, 6) is -0.228. The normalized spacial score (nSPS) is 11.9. The summed E-state index contributed by atoms with van der Waals surface area (Å²) in [5, 5.41) is 0.917. The van der Waals surface area contributed by atoms with Gasteiger partial charge in [0.1, 0.15) is 5.82 Å². The molecule has 24 heavy (non-hydrogen) atoms. The van der Waals surface area contributed by atoms with Crippen molar-refractivity contribution >= 4 is 20.9 Å². The van der Waals surface area contributed by atoms with Crippen molar-refractivity contribution in [3.63, 3.8) is 0 Å². The molecule has 0 atom stereocenters. The van der Waals surface area contributed by atoms with Crippen LogP contribution in [0.25, 0.3) is 10.9 Å². The molecule has 0 aliphatic carbocycles. The zero-order valence-electron chi connectivity index (χ0n) is 13.1. The molecule has 3 rings (SSSR count). The van der Waals surface area contributed by atoms with Crippen LogP contribution < -0.4 is 4.72 Å². The molecule has 2 aromatic carbocycles. The van der Waals surface area contributed by atoms with Crippen LogP contribution in [0.1, 0.15) is 11.1 Å². The SMILES string of the molecule is O=S(=O)(CCc1ccccc1)NCCc1c[nH]c2cc(F)ccc12. The Labute approximate surface area is 140 Å². The van der Waals surface area contributed by atoms with Crippen LogP contribution in [0.3, 0.4) is 0 Å². The molecule has 0 radical (unpaired) electrons. The first-order valence-electron chi connectivity index (χ1n) is 7.80. The zero-order chi connectivity index (χ0) is 17.0. The summed E-state index contributed by atoms with van der Waals surface area (Å²) in [6.45, 7) is 0.321. The van der Waals surface area contributed by atoms with Crippen LogP contribution >= 0.6 is 0 Å². The molecule has 0 unspecified atom stereocenters. The Bertz CT molecular complexity index is 921. The zero-order valence-corrected chi connectivity index (χ0v) is 13.9. The molecule has 0 aliphatic rings. The van der Waals surface area contributed by atoms with Crippen molar-refractivity contribution in [1.29, 1.82) is 0 Å². The van der Waals surface area contributed by atoms with Gasteiger partial charge in [0.15, 0.2) is 0 Å². The molecule has 0 spiro atoms. The molecule has 0 bridgehead atoms.